The molecule has 18 heavy (non-hydrogen) atoms. The standard InChI is InChI=1S/C11H13NO5S/c1-3-17-11(14)10(13)12-8-5-4-6-9(7-8)18(2,15)16/h4-7H,3H2,1-2H3,(H,12,13). The molecule has 0 saturated heterocycles. The second kappa shape index (κ2) is 5.63. The van der Waals surface area contributed by atoms with Gasteiger partial charge in [-0.05, 0) is 25.1 Å². The number of ether oxygens (including phenoxy) is 1. The Morgan fingerprint density at radius 1 is 1.33 bits per heavy atom. The molecule has 0 atom stereocenters. The minimum atomic E-state index is -3.36. The Balaban J connectivity index is 2.87. The minimum Gasteiger partial charge on any atom is -0.459 e. The number of esters is 1. The van der Waals surface area contributed by atoms with Gasteiger partial charge in [-0.2, -0.15) is 0 Å². The van der Waals surface area contributed by atoms with Crippen LogP contribution in [-0.4, -0.2) is 33.2 Å². The normalized spacial score (nSPS) is 10.8. The Bertz CT molecular complexity index is 565. The molecule has 1 aromatic carbocycles. The molecule has 1 rings (SSSR count). The highest BCUT2D eigenvalue weighted by Crippen LogP contribution is 2.15. The number of rotatable bonds is 3. The van der Waals surface area contributed by atoms with Crippen LogP contribution in [0.4, 0.5) is 5.69 Å². The number of carbonyl (C=O) groups excluding carboxylic acids is 2. The Morgan fingerprint density at radius 2 is 2.00 bits per heavy atom. The highest BCUT2D eigenvalue weighted by molar-refractivity contribution is 7.90. The number of anilines is 1. The van der Waals surface area contributed by atoms with Crippen molar-refractivity contribution in [1.29, 1.82) is 0 Å². The maximum absolute atomic E-state index is 11.3. The predicted molar refractivity (Wildman–Crippen MR) is 64.8 cm³/mol. The van der Waals surface area contributed by atoms with Gasteiger partial charge >= 0.3 is 11.9 Å². The molecule has 1 aromatic rings. The van der Waals surface area contributed by atoms with Crippen molar-refractivity contribution in [1.82, 2.24) is 0 Å². The summed E-state index contributed by atoms with van der Waals surface area (Å²) in [5.41, 5.74) is 0.218. The van der Waals surface area contributed by atoms with Crippen LogP contribution in [0.15, 0.2) is 29.2 Å². The number of nitrogens with one attached hydrogen (secondary N) is 1. The first-order valence-electron chi connectivity index (χ1n) is 5.13. The summed E-state index contributed by atoms with van der Waals surface area (Å²) in [5, 5.41) is 2.26. The minimum absolute atomic E-state index is 0.0594. The fourth-order valence-electron chi connectivity index (χ4n) is 1.18. The van der Waals surface area contributed by atoms with Crippen LogP contribution in [0.2, 0.25) is 0 Å². The number of carbonyl (C=O) groups is 2. The summed E-state index contributed by atoms with van der Waals surface area (Å²) in [6.07, 6.45) is 1.05. The summed E-state index contributed by atoms with van der Waals surface area (Å²) in [4.78, 5) is 22.5. The molecule has 0 heterocycles. The van der Waals surface area contributed by atoms with Crippen LogP contribution < -0.4 is 5.32 Å². The monoisotopic (exact) mass is 271 g/mol. The van der Waals surface area contributed by atoms with Crippen molar-refractivity contribution in [3.63, 3.8) is 0 Å². The number of hydrogen-bond acceptors (Lipinski definition) is 5. The van der Waals surface area contributed by atoms with Crippen molar-refractivity contribution in [2.24, 2.45) is 0 Å². The average Bonchev–Trinajstić information content (AvgIpc) is 2.28. The van der Waals surface area contributed by atoms with E-state index in [1.807, 2.05) is 0 Å². The van der Waals surface area contributed by atoms with Crippen LogP contribution in [0.3, 0.4) is 0 Å². The van der Waals surface area contributed by atoms with E-state index in [0.717, 1.165) is 6.26 Å². The first-order chi connectivity index (χ1) is 8.34. The largest absolute Gasteiger partial charge is 0.459 e. The molecule has 0 bridgehead atoms. The van der Waals surface area contributed by atoms with Crippen LogP contribution in [0.5, 0.6) is 0 Å². The molecule has 98 valence electrons. The van der Waals surface area contributed by atoms with Crippen LogP contribution in [0.1, 0.15) is 6.92 Å². The second-order valence-corrected chi connectivity index (χ2v) is 5.49. The van der Waals surface area contributed by atoms with Crippen LogP contribution in [0.25, 0.3) is 0 Å². The van der Waals surface area contributed by atoms with Crippen molar-refractivity contribution in [2.75, 3.05) is 18.2 Å². The molecule has 0 unspecified atom stereocenters. The summed E-state index contributed by atoms with van der Waals surface area (Å²) >= 11 is 0. The van der Waals surface area contributed by atoms with E-state index in [9.17, 15) is 18.0 Å². The van der Waals surface area contributed by atoms with Crippen molar-refractivity contribution < 1.29 is 22.7 Å². The third-order valence-corrected chi connectivity index (χ3v) is 3.09. The lowest BCUT2D eigenvalue weighted by atomic mass is 10.3. The van der Waals surface area contributed by atoms with E-state index in [2.05, 4.69) is 10.1 Å². The van der Waals surface area contributed by atoms with Gasteiger partial charge in [0.25, 0.3) is 0 Å². The third-order valence-electron chi connectivity index (χ3n) is 1.98. The molecule has 1 N–H and O–H groups in total. The lowest BCUT2D eigenvalue weighted by molar-refractivity contribution is -0.152. The topological polar surface area (TPSA) is 89.5 Å². The Hall–Kier alpha value is -1.89. The van der Waals surface area contributed by atoms with Crippen molar-refractivity contribution >= 4 is 27.4 Å². The van der Waals surface area contributed by atoms with Crippen molar-refractivity contribution in [2.45, 2.75) is 11.8 Å². The van der Waals surface area contributed by atoms with E-state index in [-0.39, 0.29) is 17.2 Å². The fourth-order valence-corrected chi connectivity index (χ4v) is 1.85. The smallest absolute Gasteiger partial charge is 0.397 e. The molecule has 1 amide bonds. The zero-order valence-corrected chi connectivity index (χ0v) is 10.8. The Labute approximate surface area is 105 Å². The molecule has 0 saturated carbocycles. The Morgan fingerprint density at radius 3 is 2.56 bits per heavy atom. The highest BCUT2D eigenvalue weighted by atomic mass is 32.2. The van der Waals surface area contributed by atoms with Crippen molar-refractivity contribution in [3.8, 4) is 0 Å². The van der Waals surface area contributed by atoms with Gasteiger partial charge in [0.05, 0.1) is 11.5 Å². The van der Waals surface area contributed by atoms with Gasteiger partial charge in [0.15, 0.2) is 9.84 Å². The molecule has 0 aliphatic rings. The molecule has 6 nitrogen and oxygen atoms in total. The quantitative estimate of drug-likeness (QED) is 0.642. The summed E-state index contributed by atoms with van der Waals surface area (Å²) < 4.78 is 27.1. The van der Waals surface area contributed by atoms with Crippen LogP contribution in [0, 0.1) is 0 Å². The fraction of sp³-hybridized carbons (Fsp3) is 0.273. The highest BCUT2D eigenvalue weighted by Gasteiger charge is 2.15. The molecule has 0 fully saturated rings. The van der Waals surface area contributed by atoms with E-state index < -0.39 is 21.7 Å². The van der Waals surface area contributed by atoms with Gasteiger partial charge in [-0.1, -0.05) is 6.07 Å². The lowest BCUT2D eigenvalue weighted by Crippen LogP contribution is -2.25. The van der Waals surface area contributed by atoms with Gasteiger partial charge in [-0.3, -0.25) is 4.79 Å². The van der Waals surface area contributed by atoms with E-state index in [1.165, 1.54) is 24.3 Å². The molecule has 0 aromatic heterocycles. The molecule has 0 aliphatic heterocycles. The van der Waals surface area contributed by atoms with E-state index in [0.29, 0.717) is 0 Å². The SMILES string of the molecule is CCOC(=O)C(=O)Nc1cccc(S(C)(=O)=O)c1. The summed E-state index contributed by atoms with van der Waals surface area (Å²) in [7, 11) is -3.36. The average molecular weight is 271 g/mol. The summed E-state index contributed by atoms with van der Waals surface area (Å²) in [6, 6.07) is 5.62. The predicted octanol–water partition coefficient (Wildman–Crippen LogP) is 0.592. The zero-order valence-electron chi connectivity index (χ0n) is 9.97. The molecule has 7 heteroatoms. The van der Waals surface area contributed by atoms with Gasteiger partial charge in [0, 0.05) is 11.9 Å². The third kappa shape index (κ3) is 3.85. The number of hydrogen-bond donors (Lipinski definition) is 1. The molecule has 0 radical (unpaired) electrons. The maximum Gasteiger partial charge on any atom is 0.397 e. The lowest BCUT2D eigenvalue weighted by Gasteiger charge is -2.06. The van der Waals surface area contributed by atoms with Gasteiger partial charge in [-0.25, -0.2) is 13.2 Å². The Kier molecular flexibility index (Phi) is 4.43. The van der Waals surface area contributed by atoms with Crippen LogP contribution >= 0.6 is 0 Å². The second-order valence-electron chi connectivity index (χ2n) is 3.47. The molecule has 0 aliphatic carbocycles. The number of sulfone groups is 1. The number of amides is 1. The van der Waals surface area contributed by atoms with Crippen LogP contribution in [-0.2, 0) is 24.2 Å². The van der Waals surface area contributed by atoms with E-state index >= 15 is 0 Å². The van der Waals surface area contributed by atoms with Gasteiger partial charge < -0.3 is 10.1 Å². The van der Waals surface area contributed by atoms with Gasteiger partial charge in [-0.15, -0.1) is 0 Å². The summed E-state index contributed by atoms with van der Waals surface area (Å²) in [5.74, 6) is -1.95. The molecular formula is C11H13NO5S. The maximum atomic E-state index is 11.3. The first-order valence-corrected chi connectivity index (χ1v) is 7.02. The number of benzene rings is 1. The van der Waals surface area contributed by atoms with Crippen molar-refractivity contribution in [3.05, 3.63) is 24.3 Å². The van der Waals surface area contributed by atoms with Gasteiger partial charge in [0.1, 0.15) is 0 Å². The first kappa shape index (κ1) is 14.2. The summed E-state index contributed by atoms with van der Waals surface area (Å²) in [6.45, 7) is 1.67. The molecule has 0 spiro atoms. The zero-order chi connectivity index (χ0) is 13.8. The van der Waals surface area contributed by atoms with Gasteiger partial charge in [0.2, 0.25) is 0 Å². The van der Waals surface area contributed by atoms with E-state index in [4.69, 9.17) is 0 Å². The molecular weight excluding hydrogens is 258 g/mol. The van der Waals surface area contributed by atoms with E-state index in [1.54, 1.807) is 6.92 Å².